The fourth-order valence-electron chi connectivity index (χ4n) is 9.95. The predicted molar refractivity (Wildman–Crippen MR) is 344 cm³/mol. The van der Waals surface area contributed by atoms with Crippen molar-refractivity contribution >= 4 is 17.9 Å². The first-order valence-electron chi connectivity index (χ1n) is 34.4. The third-order valence-electron chi connectivity index (χ3n) is 15.2. The van der Waals surface area contributed by atoms with Gasteiger partial charge in [-0.05, 0) is 116 Å². The van der Waals surface area contributed by atoms with Gasteiger partial charge in [0.05, 0.1) is 0 Å². The normalized spacial score (nSPS) is 12.5. The van der Waals surface area contributed by atoms with Crippen LogP contribution in [-0.4, -0.2) is 37.2 Å². The van der Waals surface area contributed by atoms with Crippen LogP contribution in [0.15, 0.2) is 72.9 Å². The van der Waals surface area contributed by atoms with E-state index in [0.29, 0.717) is 19.3 Å². The van der Waals surface area contributed by atoms with E-state index in [1.165, 1.54) is 231 Å². The van der Waals surface area contributed by atoms with Gasteiger partial charge in [0.15, 0.2) is 6.10 Å². The van der Waals surface area contributed by atoms with Crippen LogP contribution in [0, 0.1) is 0 Å². The molecule has 0 aliphatic heterocycles. The number of esters is 3. The lowest BCUT2D eigenvalue weighted by Crippen LogP contribution is -2.30. The van der Waals surface area contributed by atoms with Crippen LogP contribution in [0.2, 0.25) is 0 Å². The minimum Gasteiger partial charge on any atom is -0.462 e. The lowest BCUT2D eigenvalue weighted by Gasteiger charge is -2.18. The lowest BCUT2D eigenvalue weighted by atomic mass is 10.0. The number of hydrogen-bond donors (Lipinski definition) is 0. The van der Waals surface area contributed by atoms with Crippen molar-refractivity contribution in [2.75, 3.05) is 13.2 Å². The first-order chi connectivity index (χ1) is 39.0. The smallest absolute Gasteiger partial charge is 0.306 e. The summed E-state index contributed by atoms with van der Waals surface area (Å²) in [7, 11) is 0. The lowest BCUT2D eigenvalue weighted by molar-refractivity contribution is -0.167. The number of carbonyl (C=O) groups is 3. The molecule has 0 bridgehead atoms. The van der Waals surface area contributed by atoms with Gasteiger partial charge in [-0.2, -0.15) is 0 Å². The largest absolute Gasteiger partial charge is 0.462 e. The molecule has 6 nitrogen and oxygen atoms in total. The highest BCUT2D eigenvalue weighted by molar-refractivity contribution is 5.71. The average Bonchev–Trinajstić information content (AvgIpc) is 3.45. The highest BCUT2D eigenvalue weighted by Gasteiger charge is 2.19. The van der Waals surface area contributed by atoms with Crippen LogP contribution in [0.25, 0.3) is 0 Å². The molecule has 0 saturated carbocycles. The van der Waals surface area contributed by atoms with Crippen LogP contribution in [-0.2, 0) is 28.6 Å². The molecular formula is C73H130O6. The molecule has 1 atom stereocenters. The molecule has 0 aromatic carbocycles. The predicted octanol–water partition coefficient (Wildman–Crippen LogP) is 23.7. The Bertz CT molecular complexity index is 1450. The highest BCUT2D eigenvalue weighted by Crippen LogP contribution is 2.17. The number of ether oxygens (including phenoxy) is 3. The van der Waals surface area contributed by atoms with E-state index in [9.17, 15) is 14.4 Å². The van der Waals surface area contributed by atoms with E-state index in [0.717, 1.165) is 83.5 Å². The van der Waals surface area contributed by atoms with Crippen molar-refractivity contribution in [3.8, 4) is 0 Å². The van der Waals surface area contributed by atoms with E-state index in [-0.39, 0.29) is 31.1 Å². The summed E-state index contributed by atoms with van der Waals surface area (Å²) >= 11 is 0. The standard InChI is InChI=1S/C73H130O6/c1-4-7-10-13-16-19-22-25-27-29-31-33-34-35-36-37-38-40-41-43-45-48-51-54-57-60-63-66-72(75)78-69-70(68-77-71(74)65-62-59-56-53-50-47-24-21-18-15-12-9-6-3)79-73(76)67-64-61-58-55-52-49-46-44-42-39-32-30-28-26-23-20-17-14-11-8-5-2/h21-26,29-32,34-35,70H,4-20,27-28,33,36-69H2,1-3H3/b24-21-,25-22-,26-23-,31-29-,32-30-,35-34-. The fraction of sp³-hybridized carbons (Fsp3) is 0.795. The van der Waals surface area contributed by atoms with Gasteiger partial charge in [0.2, 0.25) is 0 Å². The van der Waals surface area contributed by atoms with Crippen molar-refractivity contribution < 1.29 is 28.6 Å². The molecule has 0 aliphatic carbocycles. The maximum atomic E-state index is 12.9. The maximum Gasteiger partial charge on any atom is 0.306 e. The van der Waals surface area contributed by atoms with Gasteiger partial charge < -0.3 is 14.2 Å². The molecule has 0 spiro atoms. The zero-order chi connectivity index (χ0) is 57.1. The maximum absolute atomic E-state index is 12.9. The Morgan fingerprint density at radius 1 is 0.253 bits per heavy atom. The van der Waals surface area contributed by atoms with Crippen LogP contribution in [0.5, 0.6) is 0 Å². The van der Waals surface area contributed by atoms with Crippen LogP contribution >= 0.6 is 0 Å². The molecule has 0 amide bonds. The molecule has 79 heavy (non-hydrogen) atoms. The minimum absolute atomic E-state index is 0.0787. The Labute approximate surface area is 491 Å². The molecule has 0 rings (SSSR count). The summed E-state index contributed by atoms with van der Waals surface area (Å²) in [5.74, 6) is -0.876. The summed E-state index contributed by atoms with van der Waals surface area (Å²) < 4.78 is 17.0. The first-order valence-corrected chi connectivity index (χ1v) is 34.4. The number of rotatable bonds is 63. The number of hydrogen-bond acceptors (Lipinski definition) is 6. The molecule has 6 heteroatoms. The molecule has 0 aromatic rings. The minimum atomic E-state index is -0.783. The van der Waals surface area contributed by atoms with Gasteiger partial charge in [0, 0.05) is 19.3 Å². The van der Waals surface area contributed by atoms with Gasteiger partial charge in [0.25, 0.3) is 0 Å². The van der Waals surface area contributed by atoms with Gasteiger partial charge in [0.1, 0.15) is 13.2 Å². The summed E-state index contributed by atoms with van der Waals surface area (Å²) in [6, 6.07) is 0. The Morgan fingerprint density at radius 2 is 0.456 bits per heavy atom. The van der Waals surface area contributed by atoms with E-state index in [2.05, 4.69) is 93.7 Å². The second-order valence-electron chi connectivity index (χ2n) is 23.1. The molecule has 0 radical (unpaired) electrons. The fourth-order valence-corrected chi connectivity index (χ4v) is 9.95. The van der Waals surface area contributed by atoms with Crippen LogP contribution in [0.1, 0.15) is 355 Å². The molecule has 0 fully saturated rings. The monoisotopic (exact) mass is 1100 g/mol. The zero-order valence-electron chi connectivity index (χ0n) is 52.6. The van der Waals surface area contributed by atoms with E-state index < -0.39 is 6.10 Å². The molecule has 0 saturated heterocycles. The zero-order valence-corrected chi connectivity index (χ0v) is 52.6. The van der Waals surface area contributed by atoms with Gasteiger partial charge in [-0.25, -0.2) is 0 Å². The van der Waals surface area contributed by atoms with Crippen molar-refractivity contribution in [2.45, 2.75) is 361 Å². The van der Waals surface area contributed by atoms with E-state index in [1.54, 1.807) is 0 Å². The van der Waals surface area contributed by atoms with Crippen LogP contribution < -0.4 is 0 Å². The highest BCUT2D eigenvalue weighted by atomic mass is 16.6. The second-order valence-corrected chi connectivity index (χ2v) is 23.1. The topological polar surface area (TPSA) is 78.9 Å². The van der Waals surface area contributed by atoms with Crippen molar-refractivity contribution in [3.63, 3.8) is 0 Å². The van der Waals surface area contributed by atoms with Crippen molar-refractivity contribution in [1.29, 1.82) is 0 Å². The van der Waals surface area contributed by atoms with Gasteiger partial charge in [-0.1, -0.05) is 293 Å². The average molecular weight is 1100 g/mol. The molecule has 0 aliphatic rings. The second kappa shape index (κ2) is 67.4. The van der Waals surface area contributed by atoms with Crippen molar-refractivity contribution in [2.24, 2.45) is 0 Å². The molecule has 458 valence electrons. The molecule has 0 N–H and O–H groups in total. The quantitative estimate of drug-likeness (QED) is 0.0261. The molecule has 0 heterocycles. The van der Waals surface area contributed by atoms with Crippen molar-refractivity contribution in [1.82, 2.24) is 0 Å². The third kappa shape index (κ3) is 65.5. The summed E-state index contributed by atoms with van der Waals surface area (Å²) in [5, 5.41) is 0. The summed E-state index contributed by atoms with van der Waals surface area (Å²) in [5.41, 5.74) is 0. The number of allylic oxidation sites excluding steroid dienone is 12. The first kappa shape index (κ1) is 75.8. The molecular weight excluding hydrogens is 973 g/mol. The van der Waals surface area contributed by atoms with Gasteiger partial charge in [-0.15, -0.1) is 0 Å². The Balaban J connectivity index is 4.28. The third-order valence-corrected chi connectivity index (χ3v) is 15.2. The molecule has 0 aromatic heterocycles. The van der Waals surface area contributed by atoms with Gasteiger partial charge in [-0.3, -0.25) is 14.4 Å². The number of unbranched alkanes of at least 4 members (excludes halogenated alkanes) is 40. The Kier molecular flexibility index (Phi) is 64.7. The van der Waals surface area contributed by atoms with E-state index in [1.807, 2.05) is 0 Å². The van der Waals surface area contributed by atoms with Crippen LogP contribution in [0.4, 0.5) is 0 Å². The van der Waals surface area contributed by atoms with Crippen LogP contribution in [0.3, 0.4) is 0 Å². The van der Waals surface area contributed by atoms with Gasteiger partial charge >= 0.3 is 17.9 Å². The summed E-state index contributed by atoms with van der Waals surface area (Å²) in [6.07, 6.45) is 87.7. The summed E-state index contributed by atoms with van der Waals surface area (Å²) in [6.45, 7) is 6.63. The number of carbonyl (C=O) groups excluding carboxylic acids is 3. The van der Waals surface area contributed by atoms with E-state index in [4.69, 9.17) is 14.2 Å². The Hall–Kier alpha value is -3.15. The van der Waals surface area contributed by atoms with Crippen molar-refractivity contribution in [3.05, 3.63) is 72.9 Å². The summed E-state index contributed by atoms with van der Waals surface area (Å²) in [4.78, 5) is 38.4. The Morgan fingerprint density at radius 3 is 0.734 bits per heavy atom. The SMILES string of the molecule is CCCCCC/C=C\CCCCCCCC(=O)OCC(COC(=O)CCCCCCCCCCCCCC/C=C\C/C=C\C/C=C\CCCCCCC)OC(=O)CCCCCCCCCCC/C=C\C/C=C\CCCCCCC. The van der Waals surface area contributed by atoms with E-state index >= 15 is 0 Å². The molecule has 1 unspecified atom stereocenters.